The number of nitrogens with zero attached hydrogens (tertiary/aromatic N) is 2. The summed E-state index contributed by atoms with van der Waals surface area (Å²) in [4.78, 5) is 38.4. The van der Waals surface area contributed by atoms with E-state index in [0.717, 1.165) is 11.0 Å². The number of hydrogen-bond donors (Lipinski definition) is 1. The number of carbonyl (C=O) groups is 3. The average molecular weight is 293 g/mol. The van der Waals surface area contributed by atoms with Crippen LogP contribution in [0.15, 0.2) is 18.2 Å². The lowest BCUT2D eigenvalue weighted by molar-refractivity contribution is -0.121. The zero-order chi connectivity index (χ0) is 15.6. The van der Waals surface area contributed by atoms with Crippen molar-refractivity contribution in [2.75, 3.05) is 33.7 Å². The Balaban J connectivity index is 2.03. The van der Waals surface area contributed by atoms with Crippen LogP contribution in [-0.2, 0) is 4.79 Å². The molecular weight excluding hydrogens is 277 g/mol. The van der Waals surface area contributed by atoms with Gasteiger partial charge in [-0.15, -0.1) is 0 Å². The third-order valence-electron chi connectivity index (χ3n) is 3.13. The Kier molecular flexibility index (Phi) is 4.32. The summed E-state index contributed by atoms with van der Waals surface area (Å²) in [6.45, 7) is 0.644. The fraction of sp³-hybridized carbons (Fsp3) is 0.357. The van der Waals surface area contributed by atoms with E-state index in [9.17, 15) is 18.8 Å². The summed E-state index contributed by atoms with van der Waals surface area (Å²) in [6, 6.07) is 3.85. The Hall–Kier alpha value is -2.28. The molecule has 1 aliphatic rings. The van der Waals surface area contributed by atoms with Gasteiger partial charge in [0.15, 0.2) is 0 Å². The molecule has 6 nitrogen and oxygen atoms in total. The zero-order valence-corrected chi connectivity index (χ0v) is 11.9. The molecule has 1 heterocycles. The predicted octanol–water partition coefficient (Wildman–Crippen LogP) is 0.0995. The van der Waals surface area contributed by atoms with Crippen LogP contribution in [0, 0.1) is 5.82 Å². The lowest BCUT2D eigenvalue weighted by Crippen LogP contribution is -2.42. The molecule has 0 unspecified atom stereocenters. The Morgan fingerprint density at radius 2 is 2.00 bits per heavy atom. The number of nitrogens with one attached hydrogen (secondary N) is 1. The van der Waals surface area contributed by atoms with Crippen molar-refractivity contribution in [3.8, 4) is 0 Å². The van der Waals surface area contributed by atoms with Crippen molar-refractivity contribution < 1.29 is 18.8 Å². The zero-order valence-electron chi connectivity index (χ0n) is 11.9. The highest BCUT2D eigenvalue weighted by Gasteiger charge is 2.38. The molecule has 0 aliphatic carbocycles. The molecule has 0 aromatic heterocycles. The molecule has 0 spiro atoms. The van der Waals surface area contributed by atoms with E-state index in [1.54, 1.807) is 0 Å². The molecule has 0 fully saturated rings. The second-order valence-corrected chi connectivity index (χ2v) is 5.01. The summed E-state index contributed by atoms with van der Waals surface area (Å²) in [7, 11) is 3.72. The molecule has 112 valence electrons. The molecule has 1 aliphatic heterocycles. The molecule has 2 rings (SSSR count). The Labute approximate surface area is 121 Å². The fourth-order valence-corrected chi connectivity index (χ4v) is 2.05. The molecule has 0 radical (unpaired) electrons. The highest BCUT2D eigenvalue weighted by atomic mass is 19.1. The Bertz CT molecular complexity index is 601. The van der Waals surface area contributed by atoms with Crippen molar-refractivity contribution in [1.82, 2.24) is 15.1 Å². The van der Waals surface area contributed by atoms with Crippen molar-refractivity contribution in [2.45, 2.75) is 0 Å². The minimum absolute atomic E-state index is 0.00101. The molecule has 21 heavy (non-hydrogen) atoms. The molecule has 0 saturated heterocycles. The smallest absolute Gasteiger partial charge is 0.265 e. The molecule has 7 heteroatoms. The van der Waals surface area contributed by atoms with Crippen LogP contribution in [-0.4, -0.2) is 61.3 Å². The highest BCUT2D eigenvalue weighted by molar-refractivity contribution is 6.22. The van der Waals surface area contributed by atoms with E-state index in [1.807, 2.05) is 19.0 Å². The van der Waals surface area contributed by atoms with E-state index < -0.39 is 30.1 Å². The van der Waals surface area contributed by atoms with Crippen LogP contribution in [0.5, 0.6) is 0 Å². The largest absolute Gasteiger partial charge is 0.353 e. The standard InChI is InChI=1S/C14H16FN3O3/c1-17(2)7-6-16-11(19)8-18-13(20)9-4-3-5-10(15)12(9)14(18)21/h3-5H,6-8H2,1-2H3,(H,16,19). The first-order valence-electron chi connectivity index (χ1n) is 6.48. The SMILES string of the molecule is CN(C)CCNC(=O)CN1C(=O)c2cccc(F)c2C1=O. The monoisotopic (exact) mass is 293 g/mol. The van der Waals surface area contributed by atoms with Gasteiger partial charge in [-0.3, -0.25) is 19.3 Å². The summed E-state index contributed by atoms with van der Waals surface area (Å²) in [5, 5.41) is 2.60. The van der Waals surface area contributed by atoms with E-state index in [-0.39, 0.29) is 11.1 Å². The predicted molar refractivity (Wildman–Crippen MR) is 73.3 cm³/mol. The number of hydrogen-bond acceptors (Lipinski definition) is 4. The van der Waals surface area contributed by atoms with E-state index in [2.05, 4.69) is 5.32 Å². The number of likely N-dealkylation sites (N-methyl/N-ethyl adjacent to an activating group) is 1. The number of amides is 3. The van der Waals surface area contributed by atoms with Gasteiger partial charge in [0.05, 0.1) is 11.1 Å². The van der Waals surface area contributed by atoms with Gasteiger partial charge in [-0.1, -0.05) is 6.07 Å². The molecule has 0 atom stereocenters. The minimum Gasteiger partial charge on any atom is -0.353 e. The maximum absolute atomic E-state index is 13.6. The van der Waals surface area contributed by atoms with Gasteiger partial charge in [0.1, 0.15) is 12.4 Å². The van der Waals surface area contributed by atoms with Crippen molar-refractivity contribution in [3.05, 3.63) is 35.1 Å². The topological polar surface area (TPSA) is 69.7 Å². The van der Waals surface area contributed by atoms with E-state index in [1.165, 1.54) is 12.1 Å². The summed E-state index contributed by atoms with van der Waals surface area (Å²) in [6.07, 6.45) is 0. The third-order valence-corrected chi connectivity index (χ3v) is 3.13. The van der Waals surface area contributed by atoms with E-state index in [4.69, 9.17) is 0 Å². The molecule has 1 aromatic carbocycles. The van der Waals surface area contributed by atoms with Crippen LogP contribution in [0.3, 0.4) is 0 Å². The highest BCUT2D eigenvalue weighted by Crippen LogP contribution is 2.24. The van der Waals surface area contributed by atoms with Crippen molar-refractivity contribution in [2.24, 2.45) is 0 Å². The van der Waals surface area contributed by atoms with Gasteiger partial charge < -0.3 is 10.2 Å². The molecule has 1 aromatic rings. The van der Waals surface area contributed by atoms with Crippen LogP contribution < -0.4 is 5.32 Å². The number of imide groups is 1. The van der Waals surface area contributed by atoms with Gasteiger partial charge >= 0.3 is 0 Å². The summed E-state index contributed by atoms with van der Waals surface area (Å²) in [5.74, 6) is -2.61. The first kappa shape index (κ1) is 15.1. The maximum atomic E-state index is 13.6. The van der Waals surface area contributed by atoms with Crippen LogP contribution in [0.25, 0.3) is 0 Å². The van der Waals surface area contributed by atoms with Gasteiger partial charge in [-0.05, 0) is 26.2 Å². The number of rotatable bonds is 5. The Morgan fingerprint density at radius 3 is 2.62 bits per heavy atom. The number of benzene rings is 1. The fourth-order valence-electron chi connectivity index (χ4n) is 2.05. The Morgan fingerprint density at radius 1 is 1.29 bits per heavy atom. The first-order chi connectivity index (χ1) is 9.91. The lowest BCUT2D eigenvalue weighted by Gasteiger charge is -2.14. The second kappa shape index (κ2) is 6.01. The van der Waals surface area contributed by atoms with Gasteiger partial charge in [0.2, 0.25) is 5.91 Å². The first-order valence-corrected chi connectivity index (χ1v) is 6.48. The van der Waals surface area contributed by atoms with Crippen LogP contribution >= 0.6 is 0 Å². The van der Waals surface area contributed by atoms with Crippen molar-refractivity contribution in [3.63, 3.8) is 0 Å². The quantitative estimate of drug-likeness (QED) is 0.782. The van der Waals surface area contributed by atoms with Crippen LogP contribution in [0.1, 0.15) is 20.7 Å². The molecular formula is C14H16FN3O3. The summed E-state index contributed by atoms with van der Waals surface area (Å²) in [5.41, 5.74) is -0.260. The van der Waals surface area contributed by atoms with Gasteiger partial charge in [0, 0.05) is 13.1 Å². The van der Waals surface area contributed by atoms with Crippen molar-refractivity contribution >= 4 is 17.7 Å². The van der Waals surface area contributed by atoms with Crippen LogP contribution in [0.2, 0.25) is 0 Å². The number of halogens is 1. The summed E-state index contributed by atoms with van der Waals surface area (Å²) < 4.78 is 13.6. The minimum atomic E-state index is -0.768. The second-order valence-electron chi connectivity index (χ2n) is 5.01. The average Bonchev–Trinajstić information content (AvgIpc) is 2.65. The molecule has 0 saturated carbocycles. The summed E-state index contributed by atoms with van der Waals surface area (Å²) >= 11 is 0. The normalized spacial score (nSPS) is 13.8. The molecule has 3 amide bonds. The molecule has 0 bridgehead atoms. The van der Waals surface area contributed by atoms with E-state index >= 15 is 0 Å². The molecule has 1 N–H and O–H groups in total. The number of carbonyl (C=O) groups excluding carboxylic acids is 3. The maximum Gasteiger partial charge on any atom is 0.265 e. The third kappa shape index (κ3) is 3.08. The van der Waals surface area contributed by atoms with Crippen molar-refractivity contribution in [1.29, 1.82) is 0 Å². The van der Waals surface area contributed by atoms with Gasteiger partial charge in [-0.25, -0.2) is 4.39 Å². The lowest BCUT2D eigenvalue weighted by atomic mass is 10.1. The van der Waals surface area contributed by atoms with E-state index in [0.29, 0.717) is 13.1 Å². The number of fused-ring (bicyclic) bond motifs is 1. The van der Waals surface area contributed by atoms with Gasteiger partial charge in [-0.2, -0.15) is 0 Å². The van der Waals surface area contributed by atoms with Crippen LogP contribution in [0.4, 0.5) is 4.39 Å². The van der Waals surface area contributed by atoms with Gasteiger partial charge in [0.25, 0.3) is 11.8 Å².